The average Bonchev–Trinajstić information content (AvgIpc) is 2.26. The van der Waals surface area contributed by atoms with E-state index in [-0.39, 0.29) is 13.0 Å². The van der Waals surface area contributed by atoms with E-state index in [1.807, 2.05) is 0 Å². The van der Waals surface area contributed by atoms with E-state index in [1.54, 1.807) is 0 Å². The molecule has 0 fully saturated rings. The van der Waals surface area contributed by atoms with Crippen molar-refractivity contribution in [3.63, 3.8) is 0 Å². The predicted molar refractivity (Wildman–Crippen MR) is 58.4 cm³/mol. The molecule has 0 aromatic heterocycles. The van der Waals surface area contributed by atoms with Crippen molar-refractivity contribution in [2.75, 3.05) is 13.6 Å². The highest BCUT2D eigenvalue weighted by Crippen LogP contribution is 2.10. The van der Waals surface area contributed by atoms with Crippen LogP contribution in [0.4, 0.5) is 8.78 Å². The number of amides is 1. The van der Waals surface area contributed by atoms with E-state index in [2.05, 4.69) is 0 Å². The molecule has 5 heteroatoms. The molecule has 0 aliphatic heterocycles. The Morgan fingerprint density at radius 3 is 2.47 bits per heavy atom. The number of halogens is 2. The van der Waals surface area contributed by atoms with E-state index in [1.165, 1.54) is 24.9 Å². The van der Waals surface area contributed by atoms with Gasteiger partial charge in [-0.2, -0.15) is 0 Å². The number of nitrogens with zero attached hydrogens (tertiary/aromatic N) is 1. The molecule has 0 spiro atoms. The second kappa shape index (κ2) is 5.52. The standard InChI is InChI=1S/C12H13F2NO2/c1-8(16)12(17)15(2)6-5-9-3-4-10(13)7-11(9)14/h3-4,7H,5-6H2,1-2H3. The van der Waals surface area contributed by atoms with Crippen molar-refractivity contribution in [1.82, 2.24) is 4.90 Å². The summed E-state index contributed by atoms with van der Waals surface area (Å²) in [6, 6.07) is 3.28. The predicted octanol–water partition coefficient (Wildman–Crippen LogP) is 1.55. The number of hydrogen-bond donors (Lipinski definition) is 0. The van der Waals surface area contributed by atoms with Crippen LogP contribution in [0.2, 0.25) is 0 Å². The monoisotopic (exact) mass is 241 g/mol. The van der Waals surface area contributed by atoms with Crippen LogP contribution >= 0.6 is 0 Å². The molecule has 1 rings (SSSR count). The van der Waals surface area contributed by atoms with Gasteiger partial charge in [-0.05, 0) is 18.1 Å². The van der Waals surface area contributed by atoms with Gasteiger partial charge in [0.15, 0.2) is 0 Å². The maximum Gasteiger partial charge on any atom is 0.289 e. The number of likely N-dealkylation sites (N-methyl/N-ethyl adjacent to an activating group) is 1. The van der Waals surface area contributed by atoms with Gasteiger partial charge in [0, 0.05) is 26.6 Å². The quantitative estimate of drug-likeness (QED) is 0.750. The average molecular weight is 241 g/mol. The smallest absolute Gasteiger partial charge is 0.289 e. The topological polar surface area (TPSA) is 37.4 Å². The fraction of sp³-hybridized carbons (Fsp3) is 0.333. The molecule has 0 N–H and O–H groups in total. The van der Waals surface area contributed by atoms with E-state index in [0.29, 0.717) is 5.56 Å². The van der Waals surface area contributed by atoms with Crippen LogP contribution in [0.15, 0.2) is 18.2 Å². The minimum atomic E-state index is -0.645. The third kappa shape index (κ3) is 3.62. The first-order valence-electron chi connectivity index (χ1n) is 5.11. The molecule has 0 saturated heterocycles. The lowest BCUT2D eigenvalue weighted by Gasteiger charge is -2.15. The summed E-state index contributed by atoms with van der Waals surface area (Å²) < 4.78 is 25.9. The molecule has 1 amide bonds. The minimum absolute atomic E-state index is 0.209. The highest BCUT2D eigenvalue weighted by Gasteiger charge is 2.14. The van der Waals surface area contributed by atoms with E-state index < -0.39 is 23.3 Å². The summed E-state index contributed by atoms with van der Waals surface area (Å²) in [5.74, 6) is -2.47. The van der Waals surface area contributed by atoms with Crippen LogP contribution in [0.5, 0.6) is 0 Å². The van der Waals surface area contributed by atoms with Crippen molar-refractivity contribution in [3.8, 4) is 0 Å². The van der Waals surface area contributed by atoms with E-state index >= 15 is 0 Å². The van der Waals surface area contributed by atoms with Gasteiger partial charge in [0.25, 0.3) is 5.91 Å². The molecule has 3 nitrogen and oxygen atoms in total. The zero-order valence-electron chi connectivity index (χ0n) is 9.67. The Balaban J connectivity index is 2.62. The number of hydrogen-bond acceptors (Lipinski definition) is 2. The zero-order chi connectivity index (χ0) is 13.0. The first kappa shape index (κ1) is 13.3. The SMILES string of the molecule is CC(=O)C(=O)N(C)CCc1ccc(F)cc1F. The molecule has 0 saturated carbocycles. The Kier molecular flexibility index (Phi) is 4.31. The van der Waals surface area contributed by atoms with Gasteiger partial charge in [0.05, 0.1) is 0 Å². The molecule has 1 aromatic carbocycles. The highest BCUT2D eigenvalue weighted by molar-refractivity contribution is 6.34. The number of ketones is 1. The molecular weight excluding hydrogens is 228 g/mol. The van der Waals surface area contributed by atoms with Crippen LogP contribution in [0.25, 0.3) is 0 Å². The number of Topliss-reactive ketones (excluding diaryl/α,β-unsaturated/α-hetero) is 1. The zero-order valence-corrected chi connectivity index (χ0v) is 9.67. The number of benzene rings is 1. The normalized spacial score (nSPS) is 10.1. The summed E-state index contributed by atoms with van der Waals surface area (Å²) in [7, 11) is 1.46. The second-order valence-corrected chi connectivity index (χ2v) is 3.77. The summed E-state index contributed by atoms with van der Waals surface area (Å²) in [6.07, 6.45) is 0.238. The van der Waals surface area contributed by atoms with E-state index in [0.717, 1.165) is 12.1 Å². The van der Waals surface area contributed by atoms with Crippen LogP contribution < -0.4 is 0 Å². The summed E-state index contributed by atoms with van der Waals surface area (Å²) in [5.41, 5.74) is 0.314. The van der Waals surface area contributed by atoms with Crippen molar-refractivity contribution in [2.45, 2.75) is 13.3 Å². The van der Waals surface area contributed by atoms with Crippen molar-refractivity contribution >= 4 is 11.7 Å². The van der Waals surface area contributed by atoms with Crippen LogP contribution in [0.1, 0.15) is 12.5 Å². The number of rotatable bonds is 4. The molecule has 0 unspecified atom stereocenters. The summed E-state index contributed by atoms with van der Waals surface area (Å²) in [6.45, 7) is 1.39. The lowest BCUT2D eigenvalue weighted by molar-refractivity contribution is -0.142. The molecule has 0 aliphatic carbocycles. The van der Waals surface area contributed by atoms with Gasteiger partial charge in [0.2, 0.25) is 5.78 Å². The van der Waals surface area contributed by atoms with Gasteiger partial charge in [-0.3, -0.25) is 9.59 Å². The Hall–Kier alpha value is -1.78. The molecule has 0 atom stereocenters. The molecule has 0 bridgehead atoms. The molecule has 17 heavy (non-hydrogen) atoms. The Labute approximate surface area is 98.0 Å². The van der Waals surface area contributed by atoms with Crippen LogP contribution in [-0.4, -0.2) is 30.2 Å². The van der Waals surface area contributed by atoms with Crippen molar-refractivity contribution < 1.29 is 18.4 Å². The third-order valence-electron chi connectivity index (χ3n) is 2.38. The third-order valence-corrected chi connectivity index (χ3v) is 2.38. The van der Waals surface area contributed by atoms with Gasteiger partial charge in [-0.15, -0.1) is 0 Å². The largest absolute Gasteiger partial charge is 0.339 e. The molecule has 0 radical (unpaired) electrons. The molecule has 0 aliphatic rings. The molecule has 92 valence electrons. The van der Waals surface area contributed by atoms with E-state index in [9.17, 15) is 18.4 Å². The summed E-state index contributed by atoms with van der Waals surface area (Å²) in [4.78, 5) is 23.2. The van der Waals surface area contributed by atoms with Gasteiger partial charge in [0.1, 0.15) is 11.6 Å². The van der Waals surface area contributed by atoms with Gasteiger partial charge in [-0.25, -0.2) is 8.78 Å². The van der Waals surface area contributed by atoms with Gasteiger partial charge < -0.3 is 4.90 Å². The number of carbonyl (C=O) groups is 2. The Morgan fingerprint density at radius 2 is 1.94 bits per heavy atom. The first-order valence-corrected chi connectivity index (χ1v) is 5.11. The molecule has 0 heterocycles. The van der Waals surface area contributed by atoms with Crippen molar-refractivity contribution in [1.29, 1.82) is 0 Å². The summed E-state index contributed by atoms with van der Waals surface area (Å²) >= 11 is 0. The first-order chi connectivity index (χ1) is 7.91. The Bertz CT molecular complexity index is 446. The van der Waals surface area contributed by atoms with Gasteiger partial charge in [-0.1, -0.05) is 6.07 Å². The maximum absolute atomic E-state index is 13.3. The second-order valence-electron chi connectivity index (χ2n) is 3.77. The van der Waals surface area contributed by atoms with Crippen molar-refractivity contribution in [2.24, 2.45) is 0 Å². The maximum atomic E-state index is 13.3. The highest BCUT2D eigenvalue weighted by atomic mass is 19.1. The fourth-order valence-corrected chi connectivity index (χ4v) is 1.38. The summed E-state index contributed by atoms with van der Waals surface area (Å²) in [5, 5.41) is 0. The minimum Gasteiger partial charge on any atom is -0.339 e. The molecule has 1 aromatic rings. The van der Waals surface area contributed by atoms with Crippen molar-refractivity contribution in [3.05, 3.63) is 35.4 Å². The Morgan fingerprint density at radius 1 is 1.29 bits per heavy atom. The van der Waals surface area contributed by atoms with E-state index in [4.69, 9.17) is 0 Å². The van der Waals surface area contributed by atoms with Crippen LogP contribution in [0, 0.1) is 11.6 Å². The van der Waals surface area contributed by atoms with Gasteiger partial charge >= 0.3 is 0 Å². The van der Waals surface area contributed by atoms with Crippen LogP contribution in [-0.2, 0) is 16.0 Å². The lowest BCUT2D eigenvalue weighted by Crippen LogP contribution is -2.33. The van der Waals surface area contributed by atoms with Crippen LogP contribution in [0.3, 0.4) is 0 Å². The molecular formula is C12H13F2NO2. The fourth-order valence-electron chi connectivity index (χ4n) is 1.38. The number of carbonyl (C=O) groups excluding carboxylic acids is 2. The lowest BCUT2D eigenvalue weighted by atomic mass is 10.1.